The monoisotopic (exact) mass is 499 g/mol. The first kappa shape index (κ1) is 20.0. The van der Waals surface area contributed by atoms with Crippen LogP contribution in [0.25, 0.3) is 0 Å². The summed E-state index contributed by atoms with van der Waals surface area (Å²) in [6, 6.07) is 18.1. The average molecular weight is 499 g/mol. The van der Waals surface area contributed by atoms with Crippen LogP contribution in [0.2, 0.25) is 0 Å². The van der Waals surface area contributed by atoms with E-state index in [-0.39, 0.29) is 23.6 Å². The summed E-state index contributed by atoms with van der Waals surface area (Å²) in [5, 5.41) is 0. The Morgan fingerprint density at radius 1 is 1.07 bits per heavy atom. The predicted octanol–water partition coefficient (Wildman–Crippen LogP) is 5.04. The van der Waals surface area contributed by atoms with Crippen LogP contribution in [-0.4, -0.2) is 24.6 Å². The number of rotatable bonds is 3. The predicted molar refractivity (Wildman–Crippen MR) is 121 cm³/mol. The highest BCUT2D eigenvalue weighted by atomic mass is 127. The molecule has 29 heavy (non-hydrogen) atoms. The molecule has 0 aromatic heterocycles. The van der Waals surface area contributed by atoms with Crippen molar-refractivity contribution in [2.24, 2.45) is 10.9 Å². The Bertz CT molecular complexity index is 1030. The summed E-state index contributed by atoms with van der Waals surface area (Å²) in [5.41, 5.74) is 4.32. The van der Waals surface area contributed by atoms with Gasteiger partial charge in [-0.2, -0.15) is 0 Å². The van der Waals surface area contributed by atoms with E-state index in [2.05, 4.69) is 34.7 Å². The minimum absolute atomic E-state index is 0.0779. The van der Waals surface area contributed by atoms with Gasteiger partial charge in [0.2, 0.25) is 0 Å². The number of Topliss-reactive ketones (excluding diaryl/α,β-unsaturated/α-hetero) is 1. The molecule has 4 rings (SSSR count). The summed E-state index contributed by atoms with van der Waals surface area (Å²) in [6.07, 6.45) is 1.14. The molecule has 0 fully saturated rings. The van der Waals surface area contributed by atoms with Crippen LogP contribution < -0.4 is 0 Å². The maximum Gasteiger partial charge on any atom is 0.315 e. The van der Waals surface area contributed by atoms with Gasteiger partial charge in [-0.15, -0.1) is 0 Å². The Kier molecular flexibility index (Phi) is 5.67. The molecule has 3 atom stereocenters. The minimum atomic E-state index is -0.575. The summed E-state index contributed by atoms with van der Waals surface area (Å²) >= 11 is 2.26. The van der Waals surface area contributed by atoms with Gasteiger partial charge in [0, 0.05) is 32.9 Å². The number of carbonyl (C=O) groups excluding carboxylic acids is 2. The minimum Gasteiger partial charge on any atom is -0.468 e. The molecular weight excluding hydrogens is 477 g/mol. The van der Waals surface area contributed by atoms with Gasteiger partial charge in [-0.1, -0.05) is 42.5 Å². The molecule has 4 nitrogen and oxygen atoms in total. The zero-order chi connectivity index (χ0) is 20.5. The van der Waals surface area contributed by atoms with Crippen molar-refractivity contribution < 1.29 is 14.3 Å². The average Bonchev–Trinajstić information content (AvgIpc) is 2.72. The highest BCUT2D eigenvalue weighted by Crippen LogP contribution is 2.46. The molecule has 2 aromatic rings. The number of aliphatic imine (C=N–C) groups is 1. The highest BCUT2D eigenvalue weighted by molar-refractivity contribution is 14.1. The van der Waals surface area contributed by atoms with Crippen molar-refractivity contribution in [2.75, 3.05) is 7.11 Å². The van der Waals surface area contributed by atoms with E-state index in [1.165, 1.54) is 7.11 Å². The third kappa shape index (κ3) is 3.80. The normalized spacial score (nSPS) is 24.0. The molecule has 1 aliphatic heterocycles. The molecule has 148 valence electrons. The number of esters is 1. The van der Waals surface area contributed by atoms with Gasteiger partial charge in [-0.3, -0.25) is 14.6 Å². The van der Waals surface area contributed by atoms with Gasteiger partial charge < -0.3 is 4.74 Å². The van der Waals surface area contributed by atoms with Crippen molar-refractivity contribution in [3.63, 3.8) is 0 Å². The number of benzene rings is 2. The number of allylic oxidation sites excluding steroid dienone is 2. The quantitative estimate of drug-likeness (QED) is 0.440. The fraction of sp³-hybridized carbons (Fsp3) is 0.292. The standard InChI is InChI=1S/C24H22INO3/c1-14-21(24(28)29-2)22(16-9-6-10-18(25)11-16)23-19(26-14)12-17(13-20(23)27)15-7-4-3-5-8-15/h3-11,17,21-22H,12-13H2,1-2H3/t17-,21?,22-/m0/s1. The summed E-state index contributed by atoms with van der Waals surface area (Å²) in [6.45, 7) is 1.86. The Hall–Kier alpha value is -2.28. The number of ether oxygens (including phenoxy) is 1. The van der Waals surface area contributed by atoms with Crippen LogP contribution in [0, 0.1) is 9.49 Å². The van der Waals surface area contributed by atoms with Gasteiger partial charge in [0.25, 0.3) is 0 Å². The maximum atomic E-state index is 13.4. The lowest BCUT2D eigenvalue weighted by Gasteiger charge is -2.36. The van der Waals surface area contributed by atoms with E-state index in [1.807, 2.05) is 49.4 Å². The fourth-order valence-electron chi connectivity index (χ4n) is 4.51. The fourth-order valence-corrected chi connectivity index (χ4v) is 5.08. The van der Waals surface area contributed by atoms with Crippen molar-refractivity contribution in [3.8, 4) is 0 Å². The molecule has 0 amide bonds. The van der Waals surface area contributed by atoms with Gasteiger partial charge in [0.1, 0.15) is 5.92 Å². The first-order chi connectivity index (χ1) is 14.0. The first-order valence-electron chi connectivity index (χ1n) is 9.69. The molecule has 0 bridgehead atoms. The summed E-state index contributed by atoms with van der Waals surface area (Å²) < 4.78 is 6.16. The number of halogens is 1. The molecule has 0 spiro atoms. The number of hydrogen-bond acceptors (Lipinski definition) is 4. The Morgan fingerprint density at radius 3 is 2.48 bits per heavy atom. The molecule has 0 radical (unpaired) electrons. The topological polar surface area (TPSA) is 55.7 Å². The second-order valence-corrected chi connectivity index (χ2v) is 8.83. The lowest BCUT2D eigenvalue weighted by atomic mass is 9.69. The summed E-state index contributed by atoms with van der Waals surface area (Å²) in [5.74, 6) is -1.08. The number of ketones is 1. The van der Waals surface area contributed by atoms with Crippen LogP contribution in [0.1, 0.15) is 42.7 Å². The molecule has 0 saturated heterocycles. The highest BCUT2D eigenvalue weighted by Gasteiger charge is 2.44. The molecule has 0 N–H and O–H groups in total. The summed E-state index contributed by atoms with van der Waals surface area (Å²) in [4.78, 5) is 30.8. The van der Waals surface area contributed by atoms with Gasteiger partial charge in [0.15, 0.2) is 5.78 Å². The van der Waals surface area contributed by atoms with Crippen LogP contribution in [0.15, 0.2) is 70.9 Å². The van der Waals surface area contributed by atoms with E-state index in [0.29, 0.717) is 24.1 Å². The molecule has 2 aromatic carbocycles. The van der Waals surface area contributed by atoms with Crippen LogP contribution in [-0.2, 0) is 14.3 Å². The Balaban J connectivity index is 1.83. The zero-order valence-electron chi connectivity index (χ0n) is 16.4. The molecule has 2 aliphatic rings. The van der Waals surface area contributed by atoms with Crippen LogP contribution in [0.3, 0.4) is 0 Å². The number of hydrogen-bond donors (Lipinski definition) is 0. The van der Waals surface area contributed by atoms with Crippen molar-refractivity contribution in [1.82, 2.24) is 0 Å². The second-order valence-electron chi connectivity index (χ2n) is 7.59. The van der Waals surface area contributed by atoms with E-state index in [0.717, 1.165) is 20.4 Å². The molecule has 0 saturated carbocycles. The van der Waals surface area contributed by atoms with Crippen LogP contribution in [0.4, 0.5) is 0 Å². The Labute approximate surface area is 184 Å². The lowest BCUT2D eigenvalue weighted by molar-refractivity contribution is -0.143. The van der Waals surface area contributed by atoms with Crippen molar-refractivity contribution in [3.05, 3.63) is 80.6 Å². The Morgan fingerprint density at radius 2 is 1.79 bits per heavy atom. The number of methoxy groups -OCH3 is 1. The van der Waals surface area contributed by atoms with Gasteiger partial charge in [-0.05, 0) is 65.1 Å². The van der Waals surface area contributed by atoms with Crippen molar-refractivity contribution >= 4 is 40.1 Å². The maximum absolute atomic E-state index is 13.4. The van der Waals surface area contributed by atoms with E-state index in [4.69, 9.17) is 9.73 Å². The third-order valence-electron chi connectivity index (χ3n) is 5.82. The van der Waals surface area contributed by atoms with Crippen molar-refractivity contribution in [2.45, 2.75) is 31.6 Å². The molecule has 1 unspecified atom stereocenters. The van der Waals surface area contributed by atoms with Crippen LogP contribution >= 0.6 is 22.6 Å². The second kappa shape index (κ2) is 8.22. The van der Waals surface area contributed by atoms with Gasteiger partial charge in [-0.25, -0.2) is 0 Å². The van der Waals surface area contributed by atoms with Crippen LogP contribution in [0.5, 0.6) is 0 Å². The lowest BCUT2D eigenvalue weighted by Crippen LogP contribution is -2.37. The van der Waals surface area contributed by atoms with Crippen molar-refractivity contribution in [1.29, 1.82) is 0 Å². The smallest absolute Gasteiger partial charge is 0.315 e. The SMILES string of the molecule is COC(=O)C1C(C)=NC2=C(C(=O)C[C@@H](c3ccccc3)C2)[C@H]1c1cccc(I)c1. The molecule has 1 aliphatic carbocycles. The summed E-state index contributed by atoms with van der Waals surface area (Å²) in [7, 11) is 1.39. The van der Waals surface area contributed by atoms with E-state index in [1.54, 1.807) is 0 Å². The van der Waals surface area contributed by atoms with Gasteiger partial charge in [0.05, 0.1) is 7.11 Å². The first-order valence-corrected chi connectivity index (χ1v) is 10.8. The van der Waals surface area contributed by atoms with E-state index >= 15 is 0 Å². The third-order valence-corrected chi connectivity index (χ3v) is 6.49. The molecular formula is C24H22INO3. The van der Waals surface area contributed by atoms with Gasteiger partial charge >= 0.3 is 5.97 Å². The molecule has 1 heterocycles. The van der Waals surface area contributed by atoms with E-state index in [9.17, 15) is 9.59 Å². The zero-order valence-corrected chi connectivity index (χ0v) is 18.5. The largest absolute Gasteiger partial charge is 0.468 e. The van der Waals surface area contributed by atoms with E-state index < -0.39 is 5.92 Å². The molecule has 5 heteroatoms. The number of carbonyl (C=O) groups is 2. The number of nitrogens with zero attached hydrogens (tertiary/aromatic N) is 1.